The molecule has 30 heavy (non-hydrogen) atoms. The van der Waals surface area contributed by atoms with E-state index in [2.05, 4.69) is 4.98 Å². The number of aromatic nitrogens is 1. The van der Waals surface area contributed by atoms with Gasteiger partial charge in [-0.25, -0.2) is 0 Å². The molecular formula is C23H23F3N2O2. The molecule has 3 aromatic rings. The molecule has 1 amide bonds. The second kappa shape index (κ2) is 8.05. The molecule has 7 heteroatoms. The van der Waals surface area contributed by atoms with Crippen LogP contribution in [-0.4, -0.2) is 36.0 Å². The Morgan fingerprint density at radius 1 is 1.17 bits per heavy atom. The van der Waals surface area contributed by atoms with Gasteiger partial charge >= 0.3 is 6.18 Å². The van der Waals surface area contributed by atoms with Crippen molar-refractivity contribution in [2.24, 2.45) is 0 Å². The number of carbonyl (C=O) groups excluding carboxylic acids is 1. The molecule has 158 valence electrons. The Morgan fingerprint density at radius 3 is 2.63 bits per heavy atom. The van der Waals surface area contributed by atoms with E-state index < -0.39 is 17.7 Å². The SMILES string of the molecule is COc1ccc2[nH]cc([C@H](CC(=O)N3CCCC3)c3cccc(C(F)(F)F)c3)c2c1. The molecule has 1 aliphatic rings. The molecule has 0 radical (unpaired) electrons. The molecule has 4 rings (SSSR count). The minimum atomic E-state index is -4.44. The first-order chi connectivity index (χ1) is 14.4. The third kappa shape index (κ3) is 4.01. The van der Waals surface area contributed by atoms with E-state index in [0.29, 0.717) is 24.4 Å². The average Bonchev–Trinajstić information content (AvgIpc) is 3.41. The number of fused-ring (bicyclic) bond motifs is 1. The number of halogens is 3. The zero-order valence-electron chi connectivity index (χ0n) is 16.6. The Bertz CT molecular complexity index is 1050. The van der Waals surface area contributed by atoms with Crippen LogP contribution in [0.4, 0.5) is 13.2 Å². The topological polar surface area (TPSA) is 45.3 Å². The number of ether oxygens (including phenoxy) is 1. The van der Waals surface area contributed by atoms with Gasteiger partial charge in [-0.2, -0.15) is 13.2 Å². The molecule has 4 nitrogen and oxygen atoms in total. The largest absolute Gasteiger partial charge is 0.497 e. The second-order valence-electron chi connectivity index (χ2n) is 7.62. The van der Waals surface area contributed by atoms with E-state index in [4.69, 9.17) is 4.74 Å². The van der Waals surface area contributed by atoms with Gasteiger partial charge in [0.2, 0.25) is 5.91 Å². The lowest BCUT2D eigenvalue weighted by molar-refractivity contribution is -0.137. The maximum atomic E-state index is 13.3. The van der Waals surface area contributed by atoms with Crippen LogP contribution in [0, 0.1) is 0 Å². The molecule has 0 unspecified atom stereocenters. The molecule has 1 aliphatic heterocycles. The number of nitrogens with zero attached hydrogens (tertiary/aromatic N) is 1. The zero-order chi connectivity index (χ0) is 21.3. The van der Waals surface area contributed by atoms with E-state index in [1.165, 1.54) is 6.07 Å². The van der Waals surface area contributed by atoms with Crippen LogP contribution in [0.3, 0.4) is 0 Å². The van der Waals surface area contributed by atoms with Gasteiger partial charge in [0.25, 0.3) is 0 Å². The smallest absolute Gasteiger partial charge is 0.416 e. The summed E-state index contributed by atoms with van der Waals surface area (Å²) in [7, 11) is 1.56. The van der Waals surface area contributed by atoms with Crippen LogP contribution in [0.1, 0.15) is 41.9 Å². The predicted octanol–water partition coefficient (Wildman–Crippen LogP) is 5.34. The monoisotopic (exact) mass is 416 g/mol. The van der Waals surface area contributed by atoms with Gasteiger partial charge in [-0.15, -0.1) is 0 Å². The Morgan fingerprint density at radius 2 is 1.93 bits per heavy atom. The standard InChI is InChI=1S/C23H23F3N2O2/c1-30-17-7-8-21-19(12-17)20(14-27-21)18(13-22(29)28-9-2-3-10-28)15-5-4-6-16(11-15)23(24,25)26/h4-8,11-12,14,18,27H,2-3,9-10,13H2,1H3/t18-/m1/s1. The van der Waals surface area contributed by atoms with Crippen LogP contribution in [0.5, 0.6) is 5.75 Å². The van der Waals surface area contributed by atoms with Gasteiger partial charge in [-0.1, -0.05) is 18.2 Å². The zero-order valence-corrected chi connectivity index (χ0v) is 16.6. The van der Waals surface area contributed by atoms with Crippen LogP contribution in [0.25, 0.3) is 10.9 Å². The van der Waals surface area contributed by atoms with Gasteiger partial charge in [0, 0.05) is 42.5 Å². The first-order valence-corrected chi connectivity index (χ1v) is 9.97. The van der Waals surface area contributed by atoms with Crippen LogP contribution < -0.4 is 4.74 Å². The highest BCUT2D eigenvalue weighted by Gasteiger charge is 2.32. The third-order valence-corrected chi connectivity index (χ3v) is 5.75. The molecule has 2 aromatic carbocycles. The predicted molar refractivity (Wildman–Crippen MR) is 109 cm³/mol. The molecule has 0 bridgehead atoms. The summed E-state index contributed by atoms with van der Waals surface area (Å²) >= 11 is 0. The van der Waals surface area contributed by atoms with E-state index in [-0.39, 0.29) is 12.3 Å². The number of hydrogen-bond acceptors (Lipinski definition) is 2. The van der Waals surface area contributed by atoms with Gasteiger partial charge in [0.05, 0.1) is 12.7 Å². The number of aromatic amines is 1. The molecule has 0 saturated carbocycles. The molecule has 1 fully saturated rings. The minimum Gasteiger partial charge on any atom is -0.497 e. The quantitative estimate of drug-likeness (QED) is 0.610. The van der Waals surface area contributed by atoms with Gasteiger partial charge in [0.1, 0.15) is 5.75 Å². The Hall–Kier alpha value is -2.96. The lowest BCUT2D eigenvalue weighted by Gasteiger charge is -2.22. The normalized spacial score (nSPS) is 15.5. The molecule has 1 aromatic heterocycles. The number of hydrogen-bond donors (Lipinski definition) is 1. The molecule has 2 heterocycles. The molecule has 0 spiro atoms. The number of amides is 1. The van der Waals surface area contributed by atoms with Crippen molar-refractivity contribution in [1.29, 1.82) is 0 Å². The van der Waals surface area contributed by atoms with Crippen molar-refractivity contribution in [1.82, 2.24) is 9.88 Å². The lowest BCUT2D eigenvalue weighted by Crippen LogP contribution is -2.29. The van der Waals surface area contributed by atoms with E-state index in [1.807, 2.05) is 18.2 Å². The molecule has 1 atom stereocenters. The number of likely N-dealkylation sites (tertiary alicyclic amines) is 1. The number of H-pyrrole nitrogens is 1. The third-order valence-electron chi connectivity index (χ3n) is 5.75. The summed E-state index contributed by atoms with van der Waals surface area (Å²) < 4.78 is 45.3. The molecule has 1 N–H and O–H groups in total. The number of methoxy groups -OCH3 is 1. The average molecular weight is 416 g/mol. The fourth-order valence-corrected chi connectivity index (χ4v) is 4.15. The number of benzene rings is 2. The highest BCUT2D eigenvalue weighted by Crippen LogP contribution is 2.38. The Labute approximate surface area is 172 Å². The number of alkyl halides is 3. The van der Waals surface area contributed by atoms with Crippen molar-refractivity contribution in [2.75, 3.05) is 20.2 Å². The number of nitrogens with one attached hydrogen (secondary N) is 1. The van der Waals surface area contributed by atoms with Crippen LogP contribution in [0.2, 0.25) is 0 Å². The fraction of sp³-hybridized carbons (Fsp3) is 0.348. The first kappa shape index (κ1) is 20.3. The van der Waals surface area contributed by atoms with E-state index >= 15 is 0 Å². The minimum absolute atomic E-state index is 0.0350. The van der Waals surface area contributed by atoms with Crippen molar-refractivity contribution in [3.8, 4) is 5.75 Å². The number of rotatable bonds is 5. The summed E-state index contributed by atoms with van der Waals surface area (Å²) in [5.41, 5.74) is 1.39. The fourth-order valence-electron chi connectivity index (χ4n) is 4.15. The molecular weight excluding hydrogens is 393 g/mol. The highest BCUT2D eigenvalue weighted by molar-refractivity contribution is 5.87. The van der Waals surface area contributed by atoms with Crippen LogP contribution in [-0.2, 0) is 11.0 Å². The first-order valence-electron chi connectivity index (χ1n) is 9.97. The van der Waals surface area contributed by atoms with Crippen molar-refractivity contribution in [3.05, 3.63) is 65.4 Å². The van der Waals surface area contributed by atoms with Gasteiger partial charge in [-0.3, -0.25) is 4.79 Å². The van der Waals surface area contributed by atoms with Crippen molar-refractivity contribution in [3.63, 3.8) is 0 Å². The van der Waals surface area contributed by atoms with E-state index in [0.717, 1.165) is 41.4 Å². The van der Waals surface area contributed by atoms with Crippen molar-refractivity contribution in [2.45, 2.75) is 31.4 Å². The van der Waals surface area contributed by atoms with Crippen molar-refractivity contribution < 1.29 is 22.7 Å². The summed E-state index contributed by atoms with van der Waals surface area (Å²) in [5.74, 6) is 0.116. The lowest BCUT2D eigenvalue weighted by atomic mass is 9.87. The van der Waals surface area contributed by atoms with E-state index in [1.54, 1.807) is 24.3 Å². The maximum Gasteiger partial charge on any atom is 0.416 e. The molecule has 1 saturated heterocycles. The van der Waals surface area contributed by atoms with Gasteiger partial charge in [-0.05, 0) is 48.2 Å². The summed E-state index contributed by atoms with van der Waals surface area (Å²) in [6.07, 6.45) is -0.616. The summed E-state index contributed by atoms with van der Waals surface area (Å²) in [4.78, 5) is 17.9. The summed E-state index contributed by atoms with van der Waals surface area (Å²) in [6.45, 7) is 1.41. The van der Waals surface area contributed by atoms with Gasteiger partial charge < -0.3 is 14.6 Å². The Kier molecular flexibility index (Phi) is 5.45. The van der Waals surface area contributed by atoms with Crippen molar-refractivity contribution >= 4 is 16.8 Å². The van der Waals surface area contributed by atoms with Crippen LogP contribution >= 0.6 is 0 Å². The Balaban J connectivity index is 1.79. The summed E-state index contributed by atoms with van der Waals surface area (Å²) in [5, 5.41) is 0.839. The summed E-state index contributed by atoms with van der Waals surface area (Å²) in [6, 6.07) is 10.8. The van der Waals surface area contributed by atoms with E-state index in [9.17, 15) is 18.0 Å². The maximum absolute atomic E-state index is 13.3. The van der Waals surface area contributed by atoms with Crippen LogP contribution in [0.15, 0.2) is 48.7 Å². The second-order valence-corrected chi connectivity index (χ2v) is 7.62. The van der Waals surface area contributed by atoms with Gasteiger partial charge in [0.15, 0.2) is 0 Å². The number of carbonyl (C=O) groups is 1. The molecule has 0 aliphatic carbocycles. The highest BCUT2D eigenvalue weighted by atomic mass is 19.4.